The first-order chi connectivity index (χ1) is 9.67. The van der Waals surface area contributed by atoms with Gasteiger partial charge in [0.05, 0.1) is 19.6 Å². The molecule has 20 heavy (non-hydrogen) atoms. The van der Waals surface area contributed by atoms with Crippen LogP contribution in [0.3, 0.4) is 0 Å². The smallest absolute Gasteiger partial charge is 0.171 e. The molecule has 0 spiro atoms. The summed E-state index contributed by atoms with van der Waals surface area (Å²) in [6.07, 6.45) is 3.71. The first-order valence-corrected chi connectivity index (χ1v) is 8.06. The zero-order valence-corrected chi connectivity index (χ0v) is 13.4. The maximum absolute atomic E-state index is 5.41. The molecule has 1 aromatic carbocycles. The summed E-state index contributed by atoms with van der Waals surface area (Å²) >= 11 is 5.41. The third-order valence-electron chi connectivity index (χ3n) is 3.91. The molecule has 2 rings (SSSR count). The average Bonchev–Trinajstić information content (AvgIpc) is 2.41. The molecule has 0 atom stereocenters. The summed E-state index contributed by atoms with van der Waals surface area (Å²) in [5.74, 6) is 0. The van der Waals surface area contributed by atoms with E-state index in [0.29, 0.717) is 6.04 Å². The maximum atomic E-state index is 5.41. The lowest BCUT2D eigenvalue weighted by Gasteiger charge is -2.30. The minimum Gasteiger partial charge on any atom is -0.359 e. The first-order valence-electron chi connectivity index (χ1n) is 7.65. The number of likely N-dealkylation sites (tertiary alicyclic amines) is 1. The molecule has 1 heterocycles. The Morgan fingerprint density at radius 2 is 2.10 bits per heavy atom. The van der Waals surface area contributed by atoms with E-state index in [2.05, 4.69) is 42.7 Å². The monoisotopic (exact) mass is 292 g/mol. The molecule has 1 fully saturated rings. The number of hydrogen-bond donors (Lipinski definition) is 3. The Balaban J connectivity index is 1.75. The van der Waals surface area contributed by atoms with Gasteiger partial charge >= 0.3 is 0 Å². The zero-order valence-electron chi connectivity index (χ0n) is 12.5. The Morgan fingerprint density at radius 3 is 2.75 bits per heavy atom. The quantitative estimate of drug-likeness (QED) is 0.738. The molecule has 0 amide bonds. The minimum absolute atomic E-state index is 0.528. The van der Waals surface area contributed by atoms with E-state index in [9.17, 15) is 0 Å². The van der Waals surface area contributed by atoms with E-state index in [1.54, 1.807) is 4.90 Å². The average molecular weight is 292 g/mol. The Morgan fingerprint density at radius 1 is 1.35 bits per heavy atom. The lowest BCUT2D eigenvalue weighted by molar-refractivity contribution is -0.905. The summed E-state index contributed by atoms with van der Waals surface area (Å²) in [7, 11) is 0. The lowest BCUT2D eigenvalue weighted by Crippen LogP contribution is -3.13. The number of hydrogen-bond acceptors (Lipinski definition) is 1. The molecule has 0 saturated carbocycles. The molecular weight excluding hydrogens is 266 g/mol. The zero-order chi connectivity index (χ0) is 14.4. The van der Waals surface area contributed by atoms with Gasteiger partial charge in [-0.15, -0.1) is 0 Å². The van der Waals surface area contributed by atoms with Crippen molar-refractivity contribution >= 4 is 23.0 Å². The molecule has 0 unspecified atom stereocenters. The van der Waals surface area contributed by atoms with Crippen LogP contribution in [-0.2, 0) is 0 Å². The first kappa shape index (κ1) is 15.3. The van der Waals surface area contributed by atoms with Gasteiger partial charge in [0.25, 0.3) is 0 Å². The van der Waals surface area contributed by atoms with E-state index < -0.39 is 0 Å². The summed E-state index contributed by atoms with van der Waals surface area (Å²) in [5, 5.41) is 7.49. The van der Waals surface area contributed by atoms with Crippen LogP contribution < -0.4 is 15.5 Å². The van der Waals surface area contributed by atoms with Gasteiger partial charge in [-0.25, -0.2) is 0 Å². The van der Waals surface area contributed by atoms with Gasteiger partial charge in [0.2, 0.25) is 0 Å². The van der Waals surface area contributed by atoms with E-state index in [0.717, 1.165) is 10.8 Å². The summed E-state index contributed by atoms with van der Waals surface area (Å²) in [6.45, 7) is 8.18. The van der Waals surface area contributed by atoms with Crippen molar-refractivity contribution in [2.24, 2.45) is 0 Å². The third-order valence-corrected chi connectivity index (χ3v) is 4.13. The highest BCUT2D eigenvalue weighted by molar-refractivity contribution is 7.80. The summed E-state index contributed by atoms with van der Waals surface area (Å²) in [6, 6.07) is 8.83. The fourth-order valence-electron chi connectivity index (χ4n) is 2.85. The van der Waals surface area contributed by atoms with Gasteiger partial charge in [-0.05, 0) is 43.3 Å². The highest BCUT2D eigenvalue weighted by atomic mass is 32.1. The van der Waals surface area contributed by atoms with Crippen LogP contribution >= 0.6 is 12.2 Å². The number of anilines is 1. The molecule has 1 aliphatic rings. The van der Waals surface area contributed by atoms with Gasteiger partial charge in [-0.3, -0.25) is 0 Å². The van der Waals surface area contributed by atoms with Crippen LogP contribution in [0.1, 0.15) is 31.7 Å². The Labute approximate surface area is 127 Å². The normalized spacial score (nSPS) is 22.3. The van der Waals surface area contributed by atoms with Crippen molar-refractivity contribution in [3.63, 3.8) is 0 Å². The lowest BCUT2D eigenvalue weighted by atomic mass is 10.1. The minimum atomic E-state index is 0.528. The number of nitrogens with one attached hydrogen (secondary N) is 3. The van der Waals surface area contributed by atoms with Crippen molar-refractivity contribution in [3.05, 3.63) is 29.8 Å². The van der Waals surface area contributed by atoms with Crippen molar-refractivity contribution in [2.75, 3.05) is 25.0 Å². The Hall–Kier alpha value is -1.13. The van der Waals surface area contributed by atoms with Crippen molar-refractivity contribution in [1.82, 2.24) is 5.32 Å². The number of rotatable bonds is 4. The Kier molecular flexibility index (Phi) is 5.80. The van der Waals surface area contributed by atoms with Crippen LogP contribution in [0.2, 0.25) is 0 Å². The molecule has 0 radical (unpaired) electrons. The molecule has 4 heteroatoms. The standard InChI is InChI=1S/C16H25N3S/c1-3-9-19-10-7-14(8-11-19)17-16(20)18-15-6-4-5-13(2)12-15/h4-6,12,14H,3,7-11H2,1-2H3,(H2,17,18,20)/p+1. The van der Waals surface area contributed by atoms with Crippen LogP contribution in [0.25, 0.3) is 0 Å². The van der Waals surface area contributed by atoms with E-state index in [4.69, 9.17) is 12.2 Å². The van der Waals surface area contributed by atoms with Crippen LogP contribution in [0.4, 0.5) is 5.69 Å². The number of aryl methyl sites for hydroxylation is 1. The molecule has 1 aromatic rings. The van der Waals surface area contributed by atoms with E-state index in [1.165, 1.54) is 44.5 Å². The van der Waals surface area contributed by atoms with Crippen LogP contribution in [-0.4, -0.2) is 30.8 Å². The largest absolute Gasteiger partial charge is 0.359 e. The molecule has 0 aromatic heterocycles. The highest BCUT2D eigenvalue weighted by Crippen LogP contribution is 2.09. The fourth-order valence-corrected chi connectivity index (χ4v) is 3.13. The SMILES string of the molecule is CCC[NH+]1CCC(NC(=S)Nc2cccc(C)c2)CC1. The van der Waals surface area contributed by atoms with Gasteiger partial charge < -0.3 is 15.5 Å². The summed E-state index contributed by atoms with van der Waals surface area (Å²) < 4.78 is 0. The van der Waals surface area contributed by atoms with E-state index in [-0.39, 0.29) is 0 Å². The Bertz CT molecular complexity index is 439. The molecule has 110 valence electrons. The summed E-state index contributed by atoms with van der Waals surface area (Å²) in [4.78, 5) is 1.74. The molecule has 1 aliphatic heterocycles. The molecule has 3 N–H and O–H groups in total. The number of quaternary nitrogens is 1. The maximum Gasteiger partial charge on any atom is 0.171 e. The second-order valence-electron chi connectivity index (χ2n) is 5.74. The topological polar surface area (TPSA) is 28.5 Å². The van der Waals surface area contributed by atoms with Crippen LogP contribution in [0, 0.1) is 6.92 Å². The van der Waals surface area contributed by atoms with Crippen LogP contribution in [0.15, 0.2) is 24.3 Å². The molecular formula is C16H26N3S+. The highest BCUT2D eigenvalue weighted by Gasteiger charge is 2.21. The van der Waals surface area contributed by atoms with Gasteiger partial charge in [-0.1, -0.05) is 19.1 Å². The van der Waals surface area contributed by atoms with E-state index in [1.807, 2.05) is 6.07 Å². The predicted molar refractivity (Wildman–Crippen MR) is 89.4 cm³/mol. The van der Waals surface area contributed by atoms with E-state index >= 15 is 0 Å². The van der Waals surface area contributed by atoms with Gasteiger partial charge in [0, 0.05) is 24.6 Å². The van der Waals surface area contributed by atoms with Crippen molar-refractivity contribution in [3.8, 4) is 0 Å². The van der Waals surface area contributed by atoms with Gasteiger partial charge in [-0.2, -0.15) is 0 Å². The third kappa shape index (κ3) is 4.76. The number of piperidine rings is 1. The van der Waals surface area contributed by atoms with Crippen molar-refractivity contribution in [1.29, 1.82) is 0 Å². The molecule has 0 aliphatic carbocycles. The number of thiocarbonyl (C=S) groups is 1. The predicted octanol–water partition coefficient (Wildman–Crippen LogP) is 1.74. The molecule has 0 bridgehead atoms. The summed E-state index contributed by atoms with van der Waals surface area (Å²) in [5.41, 5.74) is 2.31. The second kappa shape index (κ2) is 7.60. The second-order valence-corrected chi connectivity index (χ2v) is 6.15. The van der Waals surface area contributed by atoms with Crippen molar-refractivity contribution < 1.29 is 4.90 Å². The van der Waals surface area contributed by atoms with Gasteiger partial charge in [0.15, 0.2) is 5.11 Å². The van der Waals surface area contributed by atoms with Crippen LogP contribution in [0.5, 0.6) is 0 Å². The molecule has 3 nitrogen and oxygen atoms in total. The number of benzene rings is 1. The van der Waals surface area contributed by atoms with Crippen molar-refractivity contribution in [2.45, 2.75) is 39.2 Å². The fraction of sp³-hybridized carbons (Fsp3) is 0.562. The van der Waals surface area contributed by atoms with Gasteiger partial charge in [0.1, 0.15) is 0 Å². The molecule has 1 saturated heterocycles.